The zero-order valence-corrected chi connectivity index (χ0v) is 36.5. The summed E-state index contributed by atoms with van der Waals surface area (Å²) in [6.07, 6.45) is 25.3. The molecule has 0 amide bonds. The lowest BCUT2D eigenvalue weighted by atomic mass is 9.78. The third-order valence-corrected chi connectivity index (χ3v) is 10.6. The molecular formula is C47H60N2O13. The first-order valence-electron chi connectivity index (χ1n) is 20.7. The van der Waals surface area contributed by atoms with E-state index >= 15 is 0 Å². The highest BCUT2D eigenvalue weighted by Crippen LogP contribution is 2.35. The average molecular weight is 861 g/mol. The van der Waals surface area contributed by atoms with Crippen LogP contribution < -0.4 is 0 Å². The number of aliphatic imine (C=N–C) groups is 1. The molecule has 2 N–H and O–H groups in total. The number of allylic oxidation sites excluding steroid dienone is 8. The van der Waals surface area contributed by atoms with Gasteiger partial charge in [0, 0.05) is 36.9 Å². The monoisotopic (exact) mass is 860 g/mol. The van der Waals surface area contributed by atoms with E-state index in [2.05, 4.69) is 9.98 Å². The first kappa shape index (κ1) is 49.0. The number of carbonyl (C=O) groups is 4. The molecule has 0 spiro atoms. The Morgan fingerprint density at radius 3 is 2.31 bits per heavy atom. The molecule has 8 atom stereocenters. The van der Waals surface area contributed by atoms with Crippen LogP contribution >= 0.6 is 0 Å². The van der Waals surface area contributed by atoms with Gasteiger partial charge in [-0.2, -0.15) is 0 Å². The fourth-order valence-corrected chi connectivity index (χ4v) is 6.45. The van der Waals surface area contributed by atoms with Crippen molar-refractivity contribution in [3.63, 3.8) is 0 Å². The number of rotatable bonds is 11. The largest absolute Gasteiger partial charge is 0.481 e. The number of carboxylic acid groups (broad SMARTS) is 1. The lowest BCUT2D eigenvalue weighted by Crippen LogP contribution is -2.44. The van der Waals surface area contributed by atoms with E-state index in [1.807, 2.05) is 45.1 Å². The first-order valence-corrected chi connectivity index (χ1v) is 20.7. The van der Waals surface area contributed by atoms with Gasteiger partial charge in [0.1, 0.15) is 43.4 Å². The summed E-state index contributed by atoms with van der Waals surface area (Å²) in [7, 11) is 1.55. The second-order valence-corrected chi connectivity index (χ2v) is 16.1. The Hall–Kier alpha value is -5.64. The van der Waals surface area contributed by atoms with Crippen molar-refractivity contribution in [3.05, 3.63) is 109 Å². The molecule has 4 rings (SSSR count). The maximum Gasteiger partial charge on any atom is 0.360 e. The number of cyclic esters (lactones) is 2. The first-order chi connectivity index (χ1) is 29.6. The number of methoxy groups -OCH3 is 1. The third-order valence-electron chi connectivity index (χ3n) is 10.6. The Morgan fingerprint density at radius 2 is 1.58 bits per heavy atom. The minimum absolute atomic E-state index is 0.0185. The smallest absolute Gasteiger partial charge is 0.360 e. The van der Waals surface area contributed by atoms with Crippen LogP contribution in [-0.4, -0.2) is 107 Å². The van der Waals surface area contributed by atoms with Gasteiger partial charge >= 0.3 is 23.9 Å². The molecule has 336 valence electrons. The van der Waals surface area contributed by atoms with Crippen LogP contribution in [0.5, 0.6) is 0 Å². The molecule has 1 aromatic rings. The fourth-order valence-electron chi connectivity index (χ4n) is 6.45. The molecule has 0 radical (unpaired) electrons. The number of aliphatic hydroxyl groups excluding tert-OH is 1. The highest BCUT2D eigenvalue weighted by Gasteiger charge is 2.42. The predicted octanol–water partition coefficient (Wildman–Crippen LogP) is 7.01. The van der Waals surface area contributed by atoms with Gasteiger partial charge in [0.2, 0.25) is 5.89 Å². The van der Waals surface area contributed by atoms with Crippen molar-refractivity contribution < 1.29 is 62.2 Å². The van der Waals surface area contributed by atoms with Crippen LogP contribution in [0.2, 0.25) is 0 Å². The number of nitrogens with zero attached hydrogens (tertiary/aromatic N) is 2. The van der Waals surface area contributed by atoms with Crippen LogP contribution in [0.1, 0.15) is 90.0 Å². The number of hydrogen-bond acceptors (Lipinski definition) is 14. The molecule has 1 unspecified atom stereocenters. The van der Waals surface area contributed by atoms with Crippen LogP contribution in [0.3, 0.4) is 0 Å². The van der Waals surface area contributed by atoms with E-state index in [0.29, 0.717) is 12.3 Å². The predicted molar refractivity (Wildman–Crippen MR) is 231 cm³/mol. The van der Waals surface area contributed by atoms with Crippen molar-refractivity contribution in [2.75, 3.05) is 13.7 Å². The van der Waals surface area contributed by atoms with Crippen molar-refractivity contribution in [3.8, 4) is 0 Å². The van der Waals surface area contributed by atoms with Crippen molar-refractivity contribution in [1.82, 2.24) is 4.98 Å². The Balaban J connectivity index is 1.59. The number of oxazole rings is 1. The Bertz CT molecular complexity index is 1960. The number of carboxylic acids is 1. The molecule has 1 fully saturated rings. The summed E-state index contributed by atoms with van der Waals surface area (Å²) in [5, 5.41) is 20.0. The maximum atomic E-state index is 13.5. The highest BCUT2D eigenvalue weighted by molar-refractivity contribution is 5.87. The normalized spacial score (nSPS) is 28.5. The number of aromatic nitrogens is 1. The molecular weight excluding hydrogens is 801 g/mol. The van der Waals surface area contributed by atoms with Gasteiger partial charge in [-0.05, 0) is 19.9 Å². The van der Waals surface area contributed by atoms with Crippen LogP contribution in [0, 0.1) is 10.8 Å². The van der Waals surface area contributed by atoms with Crippen LogP contribution in [0.4, 0.5) is 0 Å². The van der Waals surface area contributed by atoms with Crippen molar-refractivity contribution in [2.24, 2.45) is 15.8 Å². The zero-order valence-electron chi connectivity index (χ0n) is 36.5. The number of hydrogen-bond donors (Lipinski definition) is 2. The number of aliphatic carboxylic acids is 1. The van der Waals surface area contributed by atoms with E-state index in [9.17, 15) is 24.3 Å². The van der Waals surface area contributed by atoms with Gasteiger partial charge in [0.15, 0.2) is 17.6 Å². The summed E-state index contributed by atoms with van der Waals surface area (Å²) in [4.78, 5) is 59.5. The molecule has 0 saturated carbocycles. The summed E-state index contributed by atoms with van der Waals surface area (Å²) in [6.45, 7) is 10.8. The lowest BCUT2D eigenvalue weighted by molar-refractivity contribution is -0.160. The Labute approximate surface area is 363 Å². The third kappa shape index (κ3) is 14.8. The van der Waals surface area contributed by atoms with Gasteiger partial charge in [-0.1, -0.05) is 113 Å². The average Bonchev–Trinajstić information content (AvgIpc) is 3.53. The van der Waals surface area contributed by atoms with E-state index in [4.69, 9.17) is 37.9 Å². The van der Waals surface area contributed by atoms with Gasteiger partial charge in [-0.3, -0.25) is 9.59 Å². The highest BCUT2D eigenvalue weighted by atomic mass is 16.6. The minimum Gasteiger partial charge on any atom is -0.481 e. The van der Waals surface area contributed by atoms with E-state index in [1.165, 1.54) is 6.26 Å². The SMILES string of the molecule is C/C=C/[C@H](OC(=O)CCC(=O)O)C(C)(C)[C@@H]1C\C=C/C=C\C=C\[C@H](OC)CC2=NC(CO2)C(=O)O[C@H](C(C)(C)[C@@H](O)/C=C/C)C/C=C\[C@H]2O[C@H]2/C=C/C=C\c2nc(co2)C(=O)O1. The second-order valence-electron chi connectivity index (χ2n) is 16.1. The summed E-state index contributed by atoms with van der Waals surface area (Å²) in [6, 6.07) is -0.874. The molecule has 62 heavy (non-hydrogen) atoms. The lowest BCUT2D eigenvalue weighted by Gasteiger charge is -2.38. The van der Waals surface area contributed by atoms with Crippen molar-refractivity contribution >= 4 is 35.9 Å². The molecule has 0 aliphatic carbocycles. The number of fused-ring (bicyclic) bond motifs is 4. The molecule has 15 nitrogen and oxygen atoms in total. The van der Waals surface area contributed by atoms with E-state index in [0.717, 1.165) is 0 Å². The van der Waals surface area contributed by atoms with Crippen molar-refractivity contribution in [2.45, 2.75) is 122 Å². The summed E-state index contributed by atoms with van der Waals surface area (Å²) >= 11 is 0. The van der Waals surface area contributed by atoms with Crippen LogP contribution in [0.15, 0.2) is 107 Å². The summed E-state index contributed by atoms with van der Waals surface area (Å²) < 4.78 is 40.5. The van der Waals surface area contributed by atoms with Crippen LogP contribution in [-0.2, 0) is 42.8 Å². The van der Waals surface area contributed by atoms with E-state index < -0.39 is 71.3 Å². The zero-order chi connectivity index (χ0) is 45.3. The molecule has 4 heterocycles. The second kappa shape index (κ2) is 23.5. The molecule has 0 aromatic carbocycles. The number of aliphatic hydroxyl groups is 1. The molecule has 1 saturated heterocycles. The molecule has 3 aliphatic rings. The number of epoxide rings is 1. The van der Waals surface area contributed by atoms with Gasteiger partial charge < -0.3 is 43.1 Å². The molecule has 15 heteroatoms. The van der Waals surface area contributed by atoms with Crippen molar-refractivity contribution in [1.29, 1.82) is 0 Å². The fraction of sp³-hybridized carbons (Fsp3) is 0.489. The van der Waals surface area contributed by atoms with Gasteiger partial charge in [-0.15, -0.1) is 0 Å². The number of esters is 3. The van der Waals surface area contributed by atoms with E-state index in [-0.39, 0.29) is 56.1 Å². The minimum atomic E-state index is -1.13. The molecule has 1 aromatic heterocycles. The topological polar surface area (TPSA) is 206 Å². The van der Waals surface area contributed by atoms with Gasteiger partial charge in [0.05, 0.1) is 31.5 Å². The maximum absolute atomic E-state index is 13.5. The number of carbonyl (C=O) groups excluding carboxylic acids is 3. The molecule has 4 bridgehead atoms. The number of ether oxygens (including phenoxy) is 6. The Kier molecular flexibility index (Phi) is 18.6. The quantitative estimate of drug-likeness (QED) is 0.0994. The van der Waals surface area contributed by atoms with E-state index in [1.54, 1.807) is 101 Å². The van der Waals surface area contributed by atoms with Gasteiger partial charge in [0.25, 0.3) is 0 Å². The van der Waals surface area contributed by atoms with Crippen LogP contribution in [0.25, 0.3) is 6.08 Å². The van der Waals surface area contributed by atoms with Gasteiger partial charge in [-0.25, -0.2) is 19.6 Å². The molecule has 3 aliphatic heterocycles. The summed E-state index contributed by atoms with van der Waals surface area (Å²) in [5.74, 6) is -2.62. The standard InChI is InChI=1S/C47H60N2O13/c1-8-18-36(50)46(3,4)38-24-17-22-35-34(59-35)21-15-16-25-40-48-32(29-57-40)44(54)62-39(47(5,6)37(19-9-2)60-43(53)27-26-42(51)52)23-14-12-10-11-13-20-31(56-7)28-41-49-33(30-58-41)45(55)61-38/h8-22,25,29,31,33-39,50H,23-24,26-28,30H2,1-7H3,(H,51,52)/b11-10-,14-12-,18-8+,19-9+,20-13+,21-15+,22-17-,25-16-/t31-,33?,34-,35+,36-,37-,38-,39-/m0/s1. The Morgan fingerprint density at radius 1 is 0.887 bits per heavy atom. The summed E-state index contributed by atoms with van der Waals surface area (Å²) in [5.41, 5.74) is -1.91.